The van der Waals surface area contributed by atoms with Gasteiger partial charge < -0.3 is 0 Å². The van der Waals surface area contributed by atoms with Crippen LogP contribution in [0.25, 0.3) is 20.0 Å². The minimum atomic E-state index is 0.476. The van der Waals surface area contributed by atoms with Crippen molar-refractivity contribution < 1.29 is 0 Å². The standard InChI is InChI=1S/C18H14Se2/c1-3-7-13(8-4-1)17-15-11-19-12-16(15)18(20-17)14-9-5-2-6-10-14/h1-10H,11-12H2. The van der Waals surface area contributed by atoms with Crippen LogP contribution in [-0.2, 0) is 10.6 Å². The number of benzene rings is 2. The summed E-state index contributed by atoms with van der Waals surface area (Å²) in [6, 6.07) is 22.0. The van der Waals surface area contributed by atoms with Gasteiger partial charge in [0.2, 0.25) is 0 Å². The van der Waals surface area contributed by atoms with E-state index in [1.54, 1.807) is 20.0 Å². The van der Waals surface area contributed by atoms with Crippen LogP contribution in [0.15, 0.2) is 60.7 Å². The van der Waals surface area contributed by atoms with E-state index in [1.807, 2.05) is 0 Å². The fourth-order valence-electron chi connectivity index (χ4n) is 2.71. The Kier molecular flexibility index (Phi) is 3.42. The van der Waals surface area contributed by atoms with Crippen molar-refractivity contribution in [2.45, 2.75) is 10.6 Å². The van der Waals surface area contributed by atoms with Crippen molar-refractivity contribution in [3.8, 4) is 20.0 Å². The van der Waals surface area contributed by atoms with Crippen LogP contribution in [0.4, 0.5) is 0 Å². The molecule has 1 aliphatic heterocycles. The number of hydrogen-bond acceptors (Lipinski definition) is 0. The van der Waals surface area contributed by atoms with Gasteiger partial charge in [-0.15, -0.1) is 0 Å². The molecule has 0 N–H and O–H groups in total. The molecule has 0 unspecified atom stereocenters. The SMILES string of the molecule is c1ccc(-c2[se]c(-c3ccccc3)c3c2C[Se]C3)cc1. The van der Waals surface area contributed by atoms with Gasteiger partial charge in [-0.1, -0.05) is 0 Å². The summed E-state index contributed by atoms with van der Waals surface area (Å²) in [6.45, 7) is 0. The fourth-order valence-corrected chi connectivity index (χ4v) is 8.87. The molecular weight excluding hydrogens is 374 g/mol. The zero-order valence-corrected chi connectivity index (χ0v) is 14.4. The van der Waals surface area contributed by atoms with E-state index in [-0.39, 0.29) is 0 Å². The number of rotatable bonds is 2. The van der Waals surface area contributed by atoms with Gasteiger partial charge in [0.05, 0.1) is 0 Å². The minimum absolute atomic E-state index is 0.476. The average molecular weight is 388 g/mol. The summed E-state index contributed by atoms with van der Waals surface area (Å²) in [4.78, 5) is 0. The summed E-state index contributed by atoms with van der Waals surface area (Å²) in [7, 11) is 0. The third-order valence-corrected chi connectivity index (χ3v) is 8.63. The Morgan fingerprint density at radius 1 is 0.600 bits per heavy atom. The summed E-state index contributed by atoms with van der Waals surface area (Å²) >= 11 is 1.26. The molecule has 4 rings (SSSR count). The van der Waals surface area contributed by atoms with Crippen LogP contribution in [0.1, 0.15) is 11.1 Å². The van der Waals surface area contributed by atoms with E-state index in [2.05, 4.69) is 60.7 Å². The van der Waals surface area contributed by atoms with Gasteiger partial charge in [-0.25, -0.2) is 0 Å². The van der Waals surface area contributed by atoms with Crippen molar-refractivity contribution in [1.82, 2.24) is 0 Å². The molecule has 0 saturated heterocycles. The van der Waals surface area contributed by atoms with Crippen LogP contribution >= 0.6 is 0 Å². The molecule has 3 aromatic rings. The van der Waals surface area contributed by atoms with Crippen molar-refractivity contribution in [3.63, 3.8) is 0 Å². The predicted octanol–water partition coefficient (Wildman–Crippen LogP) is 3.80. The van der Waals surface area contributed by atoms with E-state index in [0.717, 1.165) is 15.0 Å². The van der Waals surface area contributed by atoms with Crippen LogP contribution in [0, 0.1) is 0 Å². The van der Waals surface area contributed by atoms with Crippen LogP contribution in [0.2, 0.25) is 0 Å². The first-order valence-corrected chi connectivity index (χ1v) is 10.9. The van der Waals surface area contributed by atoms with Crippen molar-refractivity contribution in [2.75, 3.05) is 0 Å². The third-order valence-electron chi connectivity index (χ3n) is 3.68. The zero-order chi connectivity index (χ0) is 13.4. The monoisotopic (exact) mass is 390 g/mol. The molecule has 0 saturated carbocycles. The molecule has 2 heteroatoms. The molecule has 0 radical (unpaired) electrons. The van der Waals surface area contributed by atoms with E-state index in [9.17, 15) is 0 Å². The molecule has 0 nitrogen and oxygen atoms in total. The first kappa shape index (κ1) is 12.7. The van der Waals surface area contributed by atoms with Crippen LogP contribution in [0.3, 0.4) is 0 Å². The Labute approximate surface area is 131 Å². The first-order valence-electron chi connectivity index (χ1n) is 6.76. The Morgan fingerprint density at radius 3 is 1.50 bits per heavy atom. The summed E-state index contributed by atoms with van der Waals surface area (Å²) in [5.41, 5.74) is 6.28. The Bertz CT molecular complexity index is 665. The van der Waals surface area contributed by atoms with Crippen molar-refractivity contribution in [2.24, 2.45) is 0 Å². The van der Waals surface area contributed by atoms with Gasteiger partial charge in [0, 0.05) is 0 Å². The van der Waals surface area contributed by atoms with Gasteiger partial charge in [0.15, 0.2) is 0 Å². The Morgan fingerprint density at radius 2 is 1.05 bits per heavy atom. The molecule has 0 aliphatic carbocycles. The molecule has 1 aliphatic rings. The molecule has 98 valence electrons. The molecule has 0 amide bonds. The summed E-state index contributed by atoms with van der Waals surface area (Å²) < 4.78 is 3.29. The molecule has 0 fully saturated rings. The second-order valence-electron chi connectivity index (χ2n) is 4.94. The Balaban J connectivity index is 1.91. The van der Waals surface area contributed by atoms with Crippen molar-refractivity contribution in [3.05, 3.63) is 71.8 Å². The topological polar surface area (TPSA) is 0 Å². The molecule has 0 bridgehead atoms. The van der Waals surface area contributed by atoms with Crippen LogP contribution in [-0.4, -0.2) is 29.5 Å². The summed E-state index contributed by atoms with van der Waals surface area (Å²) in [5.74, 6) is 0. The van der Waals surface area contributed by atoms with Gasteiger partial charge >= 0.3 is 132 Å². The third kappa shape index (κ3) is 2.14. The molecule has 0 spiro atoms. The maximum absolute atomic E-state index is 2.28. The number of hydrogen-bond donors (Lipinski definition) is 0. The first-order chi connectivity index (χ1) is 9.93. The molecule has 2 aromatic carbocycles. The molecule has 20 heavy (non-hydrogen) atoms. The molecular formula is C18H14Se2. The van der Waals surface area contributed by atoms with Crippen molar-refractivity contribution in [1.29, 1.82) is 0 Å². The number of fused-ring (bicyclic) bond motifs is 1. The average Bonchev–Trinajstić information content (AvgIpc) is 3.11. The predicted molar refractivity (Wildman–Crippen MR) is 87.4 cm³/mol. The van der Waals surface area contributed by atoms with E-state index in [1.165, 1.54) is 21.8 Å². The Hall–Kier alpha value is -1.04. The quantitative estimate of drug-likeness (QED) is 0.586. The second-order valence-corrected chi connectivity index (χ2v) is 9.15. The maximum atomic E-state index is 2.28. The fraction of sp³-hybridized carbons (Fsp3) is 0.111. The van der Waals surface area contributed by atoms with Crippen LogP contribution in [0.5, 0.6) is 0 Å². The van der Waals surface area contributed by atoms with Crippen LogP contribution < -0.4 is 0 Å². The molecule has 0 atom stereocenters. The zero-order valence-electron chi connectivity index (χ0n) is 11.0. The second kappa shape index (κ2) is 5.39. The molecule has 2 heterocycles. The van der Waals surface area contributed by atoms with Gasteiger partial charge in [0.25, 0.3) is 0 Å². The molecule has 1 aromatic heterocycles. The summed E-state index contributed by atoms with van der Waals surface area (Å²) in [5, 5.41) is 2.68. The van der Waals surface area contributed by atoms with E-state index in [4.69, 9.17) is 0 Å². The summed E-state index contributed by atoms with van der Waals surface area (Å²) in [6.07, 6.45) is 0. The normalized spacial score (nSPS) is 13.4. The van der Waals surface area contributed by atoms with Gasteiger partial charge in [-0.3, -0.25) is 0 Å². The van der Waals surface area contributed by atoms with Gasteiger partial charge in [0.1, 0.15) is 0 Å². The van der Waals surface area contributed by atoms with E-state index < -0.39 is 0 Å². The van der Waals surface area contributed by atoms with Gasteiger partial charge in [-0.05, 0) is 0 Å². The van der Waals surface area contributed by atoms with E-state index >= 15 is 0 Å². The van der Waals surface area contributed by atoms with Crippen molar-refractivity contribution >= 4 is 29.5 Å². The van der Waals surface area contributed by atoms with Gasteiger partial charge in [-0.2, -0.15) is 0 Å². The van der Waals surface area contributed by atoms with E-state index in [0.29, 0.717) is 14.5 Å².